The number of likely N-dealkylation sites (N-methyl/N-ethyl adjacent to an activating group) is 1. The minimum Gasteiger partial charge on any atom is -0.497 e. The maximum absolute atomic E-state index is 5.52. The molecule has 1 aromatic carbocycles. The molecule has 5 heteroatoms. The summed E-state index contributed by atoms with van der Waals surface area (Å²) in [4.78, 5) is 2.43. The number of hydrogen-bond donors (Lipinski definition) is 1. The molecule has 0 saturated carbocycles. The molecule has 5 nitrogen and oxygen atoms in total. The van der Waals surface area contributed by atoms with E-state index in [0.29, 0.717) is 0 Å². The highest BCUT2D eigenvalue weighted by atomic mass is 16.5. The second-order valence-corrected chi connectivity index (χ2v) is 4.83. The van der Waals surface area contributed by atoms with Crippen LogP contribution in [0.15, 0.2) is 18.2 Å². The number of nitrogens with one attached hydrogen (secondary N) is 1. The van der Waals surface area contributed by atoms with Crippen molar-refractivity contribution in [1.29, 1.82) is 0 Å². The number of morpholine rings is 1. The third-order valence-electron chi connectivity index (χ3n) is 3.68. The Bertz CT molecular complexity index is 420. The van der Waals surface area contributed by atoms with E-state index in [1.54, 1.807) is 14.2 Å². The Labute approximate surface area is 120 Å². The highest BCUT2D eigenvalue weighted by molar-refractivity contribution is 5.42. The number of ether oxygens (including phenoxy) is 3. The fourth-order valence-corrected chi connectivity index (χ4v) is 2.62. The van der Waals surface area contributed by atoms with Gasteiger partial charge in [0.05, 0.1) is 33.5 Å². The number of hydrogen-bond acceptors (Lipinski definition) is 5. The molecule has 0 aromatic heterocycles. The maximum atomic E-state index is 5.52. The molecule has 2 rings (SSSR count). The van der Waals surface area contributed by atoms with Crippen molar-refractivity contribution in [3.05, 3.63) is 23.8 Å². The standard InChI is InChI=1S/C15H24N2O3/c1-16-11-14(17-6-8-20-9-7-17)13-10-12(18-2)4-5-15(13)19-3/h4-5,10,14,16H,6-9,11H2,1-3H3. The van der Waals surface area contributed by atoms with E-state index < -0.39 is 0 Å². The summed E-state index contributed by atoms with van der Waals surface area (Å²) in [5.74, 6) is 1.76. The second kappa shape index (κ2) is 7.47. The Morgan fingerprint density at radius 3 is 2.60 bits per heavy atom. The molecule has 1 heterocycles. The highest BCUT2D eigenvalue weighted by Crippen LogP contribution is 2.32. The van der Waals surface area contributed by atoms with Crippen molar-refractivity contribution < 1.29 is 14.2 Å². The van der Waals surface area contributed by atoms with Crippen LogP contribution < -0.4 is 14.8 Å². The fraction of sp³-hybridized carbons (Fsp3) is 0.600. The summed E-state index contributed by atoms with van der Waals surface area (Å²) in [6, 6.07) is 6.22. The van der Waals surface area contributed by atoms with E-state index in [9.17, 15) is 0 Å². The van der Waals surface area contributed by atoms with Crippen LogP contribution in [0.25, 0.3) is 0 Å². The first-order chi connectivity index (χ1) is 9.80. The van der Waals surface area contributed by atoms with Gasteiger partial charge in [-0.05, 0) is 25.2 Å². The molecule has 1 fully saturated rings. The first-order valence-electron chi connectivity index (χ1n) is 6.98. The highest BCUT2D eigenvalue weighted by Gasteiger charge is 2.25. The van der Waals surface area contributed by atoms with E-state index in [4.69, 9.17) is 14.2 Å². The van der Waals surface area contributed by atoms with Gasteiger partial charge in [-0.15, -0.1) is 0 Å². The summed E-state index contributed by atoms with van der Waals surface area (Å²) < 4.78 is 16.3. The average molecular weight is 280 g/mol. The zero-order valence-corrected chi connectivity index (χ0v) is 12.5. The first kappa shape index (κ1) is 15.1. The maximum Gasteiger partial charge on any atom is 0.123 e. The minimum atomic E-state index is 0.258. The predicted octanol–water partition coefficient (Wildman–Crippen LogP) is 1.30. The average Bonchev–Trinajstić information content (AvgIpc) is 2.53. The third-order valence-corrected chi connectivity index (χ3v) is 3.68. The van der Waals surface area contributed by atoms with E-state index in [-0.39, 0.29) is 6.04 Å². The van der Waals surface area contributed by atoms with Crippen LogP contribution in [0.4, 0.5) is 0 Å². The van der Waals surface area contributed by atoms with Gasteiger partial charge in [0.15, 0.2) is 0 Å². The molecule has 1 saturated heterocycles. The molecule has 112 valence electrons. The van der Waals surface area contributed by atoms with Gasteiger partial charge < -0.3 is 19.5 Å². The van der Waals surface area contributed by atoms with Gasteiger partial charge in [-0.25, -0.2) is 0 Å². The Morgan fingerprint density at radius 1 is 1.25 bits per heavy atom. The normalized spacial score (nSPS) is 17.8. The molecular weight excluding hydrogens is 256 g/mol. The zero-order chi connectivity index (χ0) is 14.4. The molecule has 1 atom stereocenters. The summed E-state index contributed by atoms with van der Waals surface area (Å²) in [5.41, 5.74) is 1.16. The Kier molecular flexibility index (Phi) is 5.64. The van der Waals surface area contributed by atoms with E-state index in [2.05, 4.69) is 16.3 Å². The van der Waals surface area contributed by atoms with E-state index in [1.807, 2.05) is 19.2 Å². The van der Waals surface area contributed by atoms with Crippen LogP contribution in [-0.2, 0) is 4.74 Å². The lowest BCUT2D eigenvalue weighted by Gasteiger charge is -2.35. The van der Waals surface area contributed by atoms with Gasteiger partial charge in [0, 0.05) is 25.2 Å². The van der Waals surface area contributed by atoms with Crippen molar-refractivity contribution in [2.75, 3.05) is 54.1 Å². The zero-order valence-electron chi connectivity index (χ0n) is 12.5. The molecule has 1 aliphatic heterocycles. The smallest absolute Gasteiger partial charge is 0.123 e. The van der Waals surface area contributed by atoms with Crippen molar-refractivity contribution in [2.24, 2.45) is 0 Å². The van der Waals surface area contributed by atoms with Crippen LogP contribution in [-0.4, -0.2) is 59.0 Å². The molecule has 0 radical (unpaired) electrons. The lowest BCUT2D eigenvalue weighted by Crippen LogP contribution is -2.42. The molecule has 1 aromatic rings. The first-order valence-corrected chi connectivity index (χ1v) is 6.98. The molecular formula is C15H24N2O3. The van der Waals surface area contributed by atoms with Crippen LogP contribution in [0.1, 0.15) is 11.6 Å². The number of benzene rings is 1. The monoisotopic (exact) mass is 280 g/mol. The largest absolute Gasteiger partial charge is 0.497 e. The van der Waals surface area contributed by atoms with Crippen molar-refractivity contribution >= 4 is 0 Å². The van der Waals surface area contributed by atoms with Crippen molar-refractivity contribution in [2.45, 2.75) is 6.04 Å². The molecule has 0 amide bonds. The lowest BCUT2D eigenvalue weighted by atomic mass is 10.0. The number of rotatable bonds is 6. The van der Waals surface area contributed by atoms with Crippen LogP contribution in [0, 0.1) is 0 Å². The van der Waals surface area contributed by atoms with Crippen molar-refractivity contribution in [3.8, 4) is 11.5 Å². The third kappa shape index (κ3) is 3.42. The Balaban J connectivity index is 2.30. The summed E-state index contributed by atoms with van der Waals surface area (Å²) in [7, 11) is 5.37. The molecule has 1 aliphatic rings. The van der Waals surface area contributed by atoms with Crippen LogP contribution in [0.5, 0.6) is 11.5 Å². The van der Waals surface area contributed by atoms with Gasteiger partial charge in [0.1, 0.15) is 11.5 Å². The molecule has 1 unspecified atom stereocenters. The predicted molar refractivity (Wildman–Crippen MR) is 78.6 cm³/mol. The van der Waals surface area contributed by atoms with Crippen molar-refractivity contribution in [1.82, 2.24) is 10.2 Å². The summed E-state index contributed by atoms with van der Waals surface area (Å²) >= 11 is 0. The van der Waals surface area contributed by atoms with Gasteiger partial charge in [-0.2, -0.15) is 0 Å². The molecule has 0 bridgehead atoms. The van der Waals surface area contributed by atoms with Gasteiger partial charge >= 0.3 is 0 Å². The van der Waals surface area contributed by atoms with E-state index in [1.165, 1.54) is 0 Å². The van der Waals surface area contributed by atoms with Gasteiger partial charge in [-0.3, -0.25) is 4.90 Å². The van der Waals surface area contributed by atoms with Crippen LogP contribution in [0.3, 0.4) is 0 Å². The van der Waals surface area contributed by atoms with E-state index >= 15 is 0 Å². The fourth-order valence-electron chi connectivity index (χ4n) is 2.62. The quantitative estimate of drug-likeness (QED) is 0.851. The SMILES string of the molecule is CNCC(c1cc(OC)ccc1OC)N1CCOCC1. The molecule has 0 spiro atoms. The van der Waals surface area contributed by atoms with Crippen molar-refractivity contribution in [3.63, 3.8) is 0 Å². The second-order valence-electron chi connectivity index (χ2n) is 4.83. The summed E-state index contributed by atoms with van der Waals surface area (Å²) in [6.07, 6.45) is 0. The van der Waals surface area contributed by atoms with Crippen LogP contribution in [0.2, 0.25) is 0 Å². The number of methoxy groups -OCH3 is 2. The molecule has 0 aliphatic carbocycles. The number of nitrogens with zero attached hydrogens (tertiary/aromatic N) is 1. The molecule has 20 heavy (non-hydrogen) atoms. The van der Waals surface area contributed by atoms with Gasteiger partial charge in [-0.1, -0.05) is 0 Å². The van der Waals surface area contributed by atoms with Gasteiger partial charge in [0.2, 0.25) is 0 Å². The van der Waals surface area contributed by atoms with E-state index in [0.717, 1.165) is 49.9 Å². The topological polar surface area (TPSA) is 43.0 Å². The summed E-state index contributed by atoms with van der Waals surface area (Å²) in [6.45, 7) is 4.31. The minimum absolute atomic E-state index is 0.258. The molecule has 1 N–H and O–H groups in total. The van der Waals surface area contributed by atoms with Gasteiger partial charge in [0.25, 0.3) is 0 Å². The Hall–Kier alpha value is -1.30. The Morgan fingerprint density at radius 2 is 2.00 bits per heavy atom. The summed E-state index contributed by atoms with van der Waals surface area (Å²) in [5, 5.41) is 3.27. The lowest BCUT2D eigenvalue weighted by molar-refractivity contribution is 0.0160. The van der Waals surface area contributed by atoms with Crippen LogP contribution >= 0.6 is 0 Å².